The molecule has 0 N–H and O–H groups in total. The first-order chi connectivity index (χ1) is 17.7. The minimum absolute atomic E-state index is 0.0622. The third-order valence-electron chi connectivity index (χ3n) is 7.50. The third kappa shape index (κ3) is 3.26. The van der Waals surface area contributed by atoms with Crippen LogP contribution in [0.15, 0.2) is 109 Å². The molecule has 5 aromatic carbocycles. The Morgan fingerprint density at radius 3 is 1.31 bits per heavy atom. The van der Waals surface area contributed by atoms with Gasteiger partial charge < -0.3 is 0 Å². The maximum absolute atomic E-state index is 13.4. The molecule has 36 heavy (non-hydrogen) atoms. The second kappa shape index (κ2) is 8.00. The molecule has 0 radical (unpaired) electrons. The van der Waals surface area contributed by atoms with Gasteiger partial charge in [-0.1, -0.05) is 91.0 Å². The Morgan fingerprint density at radius 1 is 0.389 bits per heavy atom. The first-order valence-electron chi connectivity index (χ1n) is 12.3. The summed E-state index contributed by atoms with van der Waals surface area (Å²) < 4.78 is 0. The predicted octanol–water partition coefficient (Wildman–Crippen LogP) is 7.29. The summed E-state index contributed by atoms with van der Waals surface area (Å²) in [5.41, 5.74) is 12.2. The van der Waals surface area contributed by atoms with E-state index in [-0.39, 0.29) is 11.6 Å². The molecule has 0 fully saturated rings. The van der Waals surface area contributed by atoms with E-state index in [9.17, 15) is 9.59 Å². The summed E-state index contributed by atoms with van der Waals surface area (Å²) in [5.74, 6) is -0.124. The van der Waals surface area contributed by atoms with Crippen molar-refractivity contribution in [3.63, 3.8) is 0 Å². The summed E-state index contributed by atoms with van der Waals surface area (Å²) in [6.45, 7) is 0. The van der Waals surface area contributed by atoms with Crippen molar-refractivity contribution in [2.75, 3.05) is 0 Å². The van der Waals surface area contributed by atoms with Crippen molar-refractivity contribution >= 4 is 11.6 Å². The van der Waals surface area contributed by atoms with Crippen LogP contribution in [0, 0.1) is 0 Å². The number of ketones is 2. The molecule has 0 saturated carbocycles. The predicted molar refractivity (Wildman–Crippen MR) is 143 cm³/mol. The maximum Gasteiger partial charge on any atom is 0.193 e. The molecular formula is C34H22O2. The number of carbonyl (C=O) groups excluding carboxylic acids is 2. The Balaban J connectivity index is 1.17. The van der Waals surface area contributed by atoms with Gasteiger partial charge in [0.2, 0.25) is 0 Å². The molecule has 2 aliphatic carbocycles. The van der Waals surface area contributed by atoms with E-state index in [1.165, 1.54) is 44.5 Å². The molecule has 0 aromatic heterocycles. The van der Waals surface area contributed by atoms with Gasteiger partial charge in [-0.3, -0.25) is 9.59 Å². The van der Waals surface area contributed by atoms with Crippen LogP contribution in [0.4, 0.5) is 0 Å². The molecule has 2 nitrogen and oxygen atoms in total. The highest BCUT2D eigenvalue weighted by Crippen LogP contribution is 2.38. The van der Waals surface area contributed by atoms with E-state index in [0.29, 0.717) is 22.3 Å². The Morgan fingerprint density at radius 2 is 0.806 bits per heavy atom. The summed E-state index contributed by atoms with van der Waals surface area (Å²) in [7, 11) is 0. The van der Waals surface area contributed by atoms with E-state index in [2.05, 4.69) is 48.5 Å². The quantitative estimate of drug-likeness (QED) is 0.257. The van der Waals surface area contributed by atoms with Gasteiger partial charge in [0.15, 0.2) is 11.6 Å². The molecule has 0 heterocycles. The molecule has 2 heteroatoms. The summed E-state index contributed by atoms with van der Waals surface area (Å²) in [5, 5.41) is 0. The SMILES string of the molecule is O=C(c1cccc(C(=O)c2ccc3c(c2)Cc2ccccc2-3)c1)c1ccc2c(c1)Cc1ccccc1-2. The van der Waals surface area contributed by atoms with Crippen LogP contribution in [-0.4, -0.2) is 11.6 Å². The number of benzene rings is 5. The summed E-state index contributed by atoms with van der Waals surface area (Å²) in [6.07, 6.45) is 1.68. The van der Waals surface area contributed by atoms with Crippen LogP contribution in [-0.2, 0) is 12.8 Å². The lowest BCUT2D eigenvalue weighted by molar-refractivity contribution is 0.103. The van der Waals surface area contributed by atoms with E-state index in [1.807, 2.05) is 36.4 Å². The minimum atomic E-state index is -0.0622. The molecule has 0 unspecified atom stereocenters. The first-order valence-corrected chi connectivity index (χ1v) is 12.3. The van der Waals surface area contributed by atoms with Gasteiger partial charge in [-0.25, -0.2) is 0 Å². The Kier molecular flexibility index (Phi) is 4.62. The fourth-order valence-electron chi connectivity index (χ4n) is 5.71. The molecule has 0 atom stereocenters. The lowest BCUT2D eigenvalue weighted by atomic mass is 9.94. The number of fused-ring (bicyclic) bond motifs is 6. The molecule has 0 saturated heterocycles. The minimum Gasteiger partial charge on any atom is -0.289 e. The van der Waals surface area contributed by atoms with Crippen LogP contribution in [0.3, 0.4) is 0 Å². The fraction of sp³-hybridized carbons (Fsp3) is 0.0588. The van der Waals surface area contributed by atoms with Crippen molar-refractivity contribution in [2.45, 2.75) is 12.8 Å². The van der Waals surface area contributed by atoms with Gasteiger partial charge in [0, 0.05) is 22.3 Å². The second-order valence-corrected chi connectivity index (χ2v) is 9.65. The Labute approximate surface area is 209 Å². The molecule has 170 valence electrons. The highest BCUT2D eigenvalue weighted by molar-refractivity contribution is 6.13. The van der Waals surface area contributed by atoms with Gasteiger partial charge in [-0.05, 0) is 75.5 Å². The number of hydrogen-bond donors (Lipinski definition) is 0. The van der Waals surface area contributed by atoms with E-state index in [0.717, 1.165) is 12.8 Å². The van der Waals surface area contributed by atoms with Crippen molar-refractivity contribution in [3.8, 4) is 22.3 Å². The van der Waals surface area contributed by atoms with Crippen molar-refractivity contribution in [1.29, 1.82) is 0 Å². The molecule has 2 aliphatic rings. The van der Waals surface area contributed by atoms with Crippen LogP contribution < -0.4 is 0 Å². The highest BCUT2D eigenvalue weighted by atomic mass is 16.1. The third-order valence-corrected chi connectivity index (χ3v) is 7.50. The molecular weight excluding hydrogens is 440 g/mol. The molecule has 0 bridgehead atoms. The fourth-order valence-corrected chi connectivity index (χ4v) is 5.71. The lowest BCUT2D eigenvalue weighted by Gasteiger charge is -2.08. The van der Waals surface area contributed by atoms with Crippen LogP contribution in [0.1, 0.15) is 54.1 Å². The van der Waals surface area contributed by atoms with Crippen LogP contribution >= 0.6 is 0 Å². The monoisotopic (exact) mass is 462 g/mol. The van der Waals surface area contributed by atoms with Gasteiger partial charge >= 0.3 is 0 Å². The van der Waals surface area contributed by atoms with Crippen LogP contribution in [0.2, 0.25) is 0 Å². The number of carbonyl (C=O) groups is 2. The lowest BCUT2D eigenvalue weighted by Crippen LogP contribution is -2.06. The van der Waals surface area contributed by atoms with Crippen molar-refractivity contribution in [3.05, 3.63) is 154 Å². The zero-order valence-corrected chi connectivity index (χ0v) is 19.6. The van der Waals surface area contributed by atoms with Crippen molar-refractivity contribution in [1.82, 2.24) is 0 Å². The summed E-state index contributed by atoms with van der Waals surface area (Å²) in [4.78, 5) is 26.8. The van der Waals surface area contributed by atoms with Crippen LogP contribution in [0.25, 0.3) is 22.3 Å². The molecule has 0 aliphatic heterocycles. The number of hydrogen-bond acceptors (Lipinski definition) is 2. The van der Waals surface area contributed by atoms with Gasteiger partial charge in [-0.2, -0.15) is 0 Å². The highest BCUT2D eigenvalue weighted by Gasteiger charge is 2.22. The Bertz CT molecular complexity index is 1600. The van der Waals surface area contributed by atoms with E-state index >= 15 is 0 Å². The van der Waals surface area contributed by atoms with Crippen LogP contribution in [0.5, 0.6) is 0 Å². The van der Waals surface area contributed by atoms with Crippen molar-refractivity contribution in [2.24, 2.45) is 0 Å². The summed E-state index contributed by atoms with van der Waals surface area (Å²) >= 11 is 0. The topological polar surface area (TPSA) is 34.1 Å². The zero-order chi connectivity index (χ0) is 24.2. The van der Waals surface area contributed by atoms with Gasteiger partial charge in [0.25, 0.3) is 0 Å². The van der Waals surface area contributed by atoms with Gasteiger partial charge in [0.1, 0.15) is 0 Å². The van der Waals surface area contributed by atoms with Crippen molar-refractivity contribution < 1.29 is 9.59 Å². The average molecular weight is 463 g/mol. The van der Waals surface area contributed by atoms with Gasteiger partial charge in [0.05, 0.1) is 0 Å². The van der Waals surface area contributed by atoms with E-state index in [4.69, 9.17) is 0 Å². The second-order valence-electron chi connectivity index (χ2n) is 9.65. The maximum atomic E-state index is 13.4. The van der Waals surface area contributed by atoms with Gasteiger partial charge in [-0.15, -0.1) is 0 Å². The molecule has 0 spiro atoms. The number of rotatable bonds is 4. The normalized spacial score (nSPS) is 12.4. The van der Waals surface area contributed by atoms with E-state index in [1.54, 1.807) is 24.3 Å². The largest absolute Gasteiger partial charge is 0.289 e. The standard InChI is InChI=1S/C34H22O2/c35-33(25-12-14-31-27(19-25)16-21-6-1-3-10-29(21)31)23-8-5-9-24(18-23)34(36)26-13-15-32-28(20-26)17-22-7-2-4-11-30(22)32/h1-15,18-20H,16-17H2. The Hall–Kier alpha value is -4.56. The molecule has 0 amide bonds. The molecule has 5 aromatic rings. The smallest absolute Gasteiger partial charge is 0.193 e. The van der Waals surface area contributed by atoms with E-state index < -0.39 is 0 Å². The first kappa shape index (κ1) is 20.8. The zero-order valence-electron chi connectivity index (χ0n) is 19.6. The summed E-state index contributed by atoms with van der Waals surface area (Å²) in [6, 6.07) is 35.8. The average Bonchev–Trinajstić information content (AvgIpc) is 3.49. The molecule has 7 rings (SSSR count).